The number of fused-ring (bicyclic) bond motifs is 5. The van der Waals surface area contributed by atoms with Crippen LogP contribution in [-0.2, 0) is 4.79 Å². The molecule has 1 aromatic heterocycles. The number of carbonyl (C=O) groups is 1. The van der Waals surface area contributed by atoms with E-state index in [1.54, 1.807) is 6.08 Å². The van der Waals surface area contributed by atoms with Gasteiger partial charge in [-0.15, -0.1) is 0 Å². The first-order valence-corrected chi connectivity index (χ1v) is 11.4. The van der Waals surface area contributed by atoms with E-state index in [-0.39, 0.29) is 28.9 Å². The second kappa shape index (κ2) is 6.74. The minimum absolute atomic E-state index is 0.0303. The summed E-state index contributed by atoms with van der Waals surface area (Å²) < 4.78 is 0. The van der Waals surface area contributed by atoms with Crippen molar-refractivity contribution >= 4 is 12.0 Å². The van der Waals surface area contributed by atoms with Crippen molar-refractivity contribution in [3.8, 4) is 0 Å². The van der Waals surface area contributed by atoms with Crippen molar-refractivity contribution in [1.82, 2.24) is 14.9 Å². The van der Waals surface area contributed by atoms with Crippen LogP contribution in [0.1, 0.15) is 57.3 Å². The SMILES string of the molecule is Cc1ncc(C=C2C[C@@H]3[C@@H](CC[C@]4(C)C(O)CC[C@@H]34)[C@@]3(C)C=CC(=O)N(C)C23)cn1. The lowest BCUT2D eigenvalue weighted by Gasteiger charge is -2.60. The van der Waals surface area contributed by atoms with E-state index in [1.807, 2.05) is 31.3 Å². The van der Waals surface area contributed by atoms with Gasteiger partial charge in [0.05, 0.1) is 12.1 Å². The maximum Gasteiger partial charge on any atom is 0.246 e. The molecule has 2 unspecified atom stereocenters. The largest absolute Gasteiger partial charge is 0.393 e. The Bertz CT molecular complexity index is 923. The molecule has 3 saturated carbocycles. The number of hydrogen-bond donors (Lipinski definition) is 1. The van der Waals surface area contributed by atoms with E-state index in [4.69, 9.17) is 0 Å². The predicted molar refractivity (Wildman–Crippen MR) is 116 cm³/mol. The molecule has 0 saturated heterocycles. The fourth-order valence-corrected chi connectivity index (χ4v) is 7.51. The molecule has 2 heterocycles. The normalized spacial score (nSPS) is 44.0. The minimum Gasteiger partial charge on any atom is -0.393 e. The number of hydrogen-bond acceptors (Lipinski definition) is 4. The molecule has 3 aliphatic carbocycles. The summed E-state index contributed by atoms with van der Waals surface area (Å²) in [7, 11) is 1.95. The first-order chi connectivity index (χ1) is 14.2. The summed E-state index contributed by atoms with van der Waals surface area (Å²) >= 11 is 0. The summed E-state index contributed by atoms with van der Waals surface area (Å²) in [6, 6.07) is 0.0632. The summed E-state index contributed by atoms with van der Waals surface area (Å²) in [5.41, 5.74) is 2.24. The van der Waals surface area contributed by atoms with Crippen molar-refractivity contribution < 1.29 is 9.90 Å². The number of aryl methyl sites for hydroxylation is 1. The van der Waals surface area contributed by atoms with Crippen LogP contribution in [0.2, 0.25) is 0 Å². The van der Waals surface area contributed by atoms with Gasteiger partial charge in [-0.1, -0.05) is 26.0 Å². The molecule has 0 bridgehead atoms. The van der Waals surface area contributed by atoms with Gasteiger partial charge in [-0.2, -0.15) is 0 Å². The third kappa shape index (κ3) is 2.74. The second-order valence-corrected chi connectivity index (χ2v) is 10.6. The van der Waals surface area contributed by atoms with E-state index in [9.17, 15) is 9.90 Å². The summed E-state index contributed by atoms with van der Waals surface area (Å²) in [6.45, 7) is 6.55. The highest BCUT2D eigenvalue weighted by Crippen LogP contribution is 2.64. The molecule has 1 amide bonds. The third-order valence-corrected chi connectivity index (χ3v) is 9.07. The van der Waals surface area contributed by atoms with Crippen molar-refractivity contribution in [2.75, 3.05) is 7.05 Å². The van der Waals surface area contributed by atoms with E-state index in [0.717, 1.165) is 43.5 Å². The average molecular weight is 408 g/mol. The van der Waals surface area contributed by atoms with Crippen molar-refractivity contribution in [3.05, 3.63) is 41.5 Å². The van der Waals surface area contributed by atoms with Gasteiger partial charge < -0.3 is 10.0 Å². The molecular weight excluding hydrogens is 374 g/mol. The van der Waals surface area contributed by atoms with Crippen LogP contribution in [0.4, 0.5) is 0 Å². The zero-order valence-corrected chi connectivity index (χ0v) is 18.5. The molecule has 0 radical (unpaired) electrons. The van der Waals surface area contributed by atoms with Crippen molar-refractivity contribution in [1.29, 1.82) is 0 Å². The van der Waals surface area contributed by atoms with Crippen LogP contribution in [0.5, 0.6) is 0 Å². The Hall–Kier alpha value is -2.01. The van der Waals surface area contributed by atoms with Crippen LogP contribution < -0.4 is 0 Å². The number of rotatable bonds is 1. The summed E-state index contributed by atoms with van der Waals surface area (Å²) in [5, 5.41) is 10.8. The van der Waals surface area contributed by atoms with Crippen LogP contribution in [0, 0.1) is 35.5 Å². The van der Waals surface area contributed by atoms with E-state index in [1.165, 1.54) is 5.57 Å². The number of aliphatic hydroxyl groups excluding tert-OH is 1. The highest BCUT2D eigenvalue weighted by Gasteiger charge is 2.61. The van der Waals surface area contributed by atoms with E-state index < -0.39 is 0 Å². The number of amides is 1. The average Bonchev–Trinajstić information content (AvgIpc) is 3.02. The molecule has 30 heavy (non-hydrogen) atoms. The Kier molecular flexibility index (Phi) is 4.48. The number of carbonyl (C=O) groups excluding carboxylic acids is 1. The van der Waals surface area contributed by atoms with Crippen LogP contribution in [0.15, 0.2) is 30.1 Å². The van der Waals surface area contributed by atoms with Crippen molar-refractivity contribution in [3.63, 3.8) is 0 Å². The molecule has 5 heteroatoms. The summed E-state index contributed by atoms with van der Waals surface area (Å²) in [6.07, 6.45) is 15.0. The highest BCUT2D eigenvalue weighted by atomic mass is 16.3. The van der Waals surface area contributed by atoms with Gasteiger partial charge in [0.15, 0.2) is 0 Å². The zero-order chi connectivity index (χ0) is 21.3. The molecule has 160 valence electrons. The third-order valence-electron chi connectivity index (χ3n) is 9.07. The van der Waals surface area contributed by atoms with Gasteiger partial charge in [-0.05, 0) is 73.8 Å². The van der Waals surface area contributed by atoms with Crippen LogP contribution in [0.3, 0.4) is 0 Å². The van der Waals surface area contributed by atoms with Gasteiger partial charge in [0, 0.05) is 30.4 Å². The molecule has 1 aliphatic heterocycles. The smallest absolute Gasteiger partial charge is 0.246 e. The number of nitrogens with zero attached hydrogens (tertiary/aromatic N) is 3. The molecule has 4 aliphatic rings. The Morgan fingerprint density at radius 3 is 2.63 bits per heavy atom. The monoisotopic (exact) mass is 407 g/mol. The van der Waals surface area contributed by atoms with Crippen LogP contribution in [0.25, 0.3) is 6.08 Å². The Morgan fingerprint density at radius 2 is 1.90 bits per heavy atom. The fourth-order valence-electron chi connectivity index (χ4n) is 7.51. The van der Waals surface area contributed by atoms with E-state index in [2.05, 4.69) is 36.0 Å². The summed E-state index contributed by atoms with van der Waals surface area (Å²) in [4.78, 5) is 23.3. The van der Waals surface area contributed by atoms with Gasteiger partial charge in [0.1, 0.15) is 5.82 Å². The molecule has 5 nitrogen and oxygen atoms in total. The Morgan fingerprint density at radius 1 is 1.17 bits per heavy atom. The topological polar surface area (TPSA) is 66.3 Å². The number of aliphatic hydroxyl groups is 1. The lowest BCUT2D eigenvalue weighted by atomic mass is 9.47. The molecule has 1 N–H and O–H groups in total. The number of aromatic nitrogens is 2. The van der Waals surface area contributed by atoms with Crippen molar-refractivity contribution in [2.45, 2.75) is 65.0 Å². The van der Waals surface area contributed by atoms with Gasteiger partial charge in [0.2, 0.25) is 5.91 Å². The minimum atomic E-state index is -0.182. The molecular formula is C25H33N3O2. The number of likely N-dealkylation sites (N-methyl/N-ethyl adjacent to an activating group) is 1. The second-order valence-electron chi connectivity index (χ2n) is 10.6. The molecule has 3 fully saturated rings. The molecule has 0 aromatic carbocycles. The molecule has 5 rings (SSSR count). The van der Waals surface area contributed by atoms with E-state index in [0.29, 0.717) is 17.8 Å². The van der Waals surface area contributed by atoms with Gasteiger partial charge in [-0.25, -0.2) is 9.97 Å². The quantitative estimate of drug-likeness (QED) is 0.769. The lowest BCUT2D eigenvalue weighted by molar-refractivity contribution is -0.135. The van der Waals surface area contributed by atoms with Gasteiger partial charge >= 0.3 is 0 Å². The predicted octanol–water partition coefficient (Wildman–Crippen LogP) is 3.78. The Balaban J connectivity index is 1.61. The van der Waals surface area contributed by atoms with Crippen molar-refractivity contribution in [2.24, 2.45) is 28.6 Å². The summed E-state index contributed by atoms with van der Waals surface area (Å²) in [5.74, 6) is 2.45. The standard InChI is InChI=1S/C25H33N3O2/c1-15-26-13-16(14-27-15)11-17-12-18-19-5-6-21(29)24(19,2)9-7-20(18)25(3)10-8-22(30)28(4)23(17)25/h8,10-11,13-14,18-21,23,29H,5-7,9,12H2,1-4H3/t18-,19-,20+,21?,23?,24-,25+/m0/s1. The lowest BCUT2D eigenvalue weighted by Crippen LogP contribution is -2.60. The van der Waals surface area contributed by atoms with Crippen LogP contribution in [-0.4, -0.2) is 45.1 Å². The molecule has 7 atom stereocenters. The first-order valence-electron chi connectivity index (χ1n) is 11.4. The van der Waals surface area contributed by atoms with Gasteiger partial charge in [0.25, 0.3) is 0 Å². The van der Waals surface area contributed by atoms with E-state index >= 15 is 0 Å². The molecule has 0 spiro atoms. The maximum absolute atomic E-state index is 12.6. The molecule has 1 aromatic rings. The van der Waals surface area contributed by atoms with Crippen LogP contribution >= 0.6 is 0 Å². The fraction of sp³-hybridized carbons (Fsp3) is 0.640. The Labute approximate surface area is 179 Å². The zero-order valence-electron chi connectivity index (χ0n) is 18.5. The van der Waals surface area contributed by atoms with Gasteiger partial charge in [-0.3, -0.25) is 4.79 Å². The first kappa shape index (κ1) is 19.9. The highest BCUT2D eigenvalue weighted by molar-refractivity contribution is 5.89. The maximum atomic E-state index is 12.6.